The second-order valence-electron chi connectivity index (χ2n) is 3.70. The van der Waals surface area contributed by atoms with Gasteiger partial charge in [-0.2, -0.15) is 4.72 Å². The molecule has 1 aromatic carbocycles. The summed E-state index contributed by atoms with van der Waals surface area (Å²) in [4.78, 5) is 11.1. The third-order valence-corrected chi connectivity index (χ3v) is 4.01. The number of hydrogen-bond acceptors (Lipinski definition) is 3. The van der Waals surface area contributed by atoms with E-state index in [-0.39, 0.29) is 4.90 Å². The van der Waals surface area contributed by atoms with Crippen LogP contribution >= 0.6 is 11.6 Å². The molecule has 0 radical (unpaired) electrons. The Morgan fingerprint density at radius 1 is 1.47 bits per heavy atom. The van der Waals surface area contributed by atoms with Crippen LogP contribution in [0.1, 0.15) is 18.9 Å². The van der Waals surface area contributed by atoms with Crippen LogP contribution in [0.4, 0.5) is 0 Å². The quantitative estimate of drug-likeness (QED) is 0.834. The van der Waals surface area contributed by atoms with Gasteiger partial charge in [0.25, 0.3) is 0 Å². The molecule has 17 heavy (non-hydrogen) atoms. The highest BCUT2D eigenvalue weighted by atomic mass is 35.5. The molecule has 0 aromatic heterocycles. The minimum Gasteiger partial charge on any atom is -0.279 e. The Morgan fingerprint density at radius 2 is 2.12 bits per heavy atom. The number of halogens is 1. The van der Waals surface area contributed by atoms with E-state index in [1.165, 1.54) is 12.1 Å². The molecule has 1 rings (SSSR count). The molecule has 6 heteroatoms. The summed E-state index contributed by atoms with van der Waals surface area (Å²) in [7, 11) is -3.69. The minimum absolute atomic E-state index is 0.133. The maximum atomic E-state index is 11.9. The van der Waals surface area contributed by atoms with Gasteiger partial charge >= 0.3 is 0 Å². The van der Waals surface area contributed by atoms with Gasteiger partial charge in [-0.1, -0.05) is 19.1 Å². The predicted octanol–water partition coefficient (Wildman–Crippen LogP) is 1.82. The van der Waals surface area contributed by atoms with E-state index < -0.39 is 21.3 Å². The molecule has 4 nitrogen and oxygen atoms in total. The van der Waals surface area contributed by atoms with Crippen molar-refractivity contribution < 1.29 is 13.2 Å². The lowest BCUT2D eigenvalue weighted by atomic mass is 10.2. The Labute approximate surface area is 106 Å². The van der Waals surface area contributed by atoms with E-state index in [9.17, 15) is 13.2 Å². The molecule has 0 heterocycles. The largest absolute Gasteiger partial charge is 0.279 e. The van der Waals surface area contributed by atoms with Gasteiger partial charge in [-0.3, -0.25) is 4.79 Å². The van der Waals surface area contributed by atoms with E-state index in [1.54, 1.807) is 26.0 Å². The van der Waals surface area contributed by atoms with Crippen LogP contribution in [0.25, 0.3) is 0 Å². The standard InChI is InChI=1S/C11H14ClNO3S/c1-3-10(11(12)14)13-17(15,16)9-6-4-5-8(2)7-9/h4-7,10,13H,3H2,1-2H3. The fourth-order valence-electron chi connectivity index (χ4n) is 1.33. The molecule has 1 aromatic rings. The van der Waals surface area contributed by atoms with Crippen molar-refractivity contribution in [2.75, 3.05) is 0 Å². The van der Waals surface area contributed by atoms with Gasteiger partial charge in [0.15, 0.2) is 0 Å². The SMILES string of the molecule is CCC(NS(=O)(=O)c1cccc(C)c1)C(=O)Cl. The lowest BCUT2D eigenvalue weighted by Gasteiger charge is -2.13. The summed E-state index contributed by atoms with van der Waals surface area (Å²) < 4.78 is 26.1. The highest BCUT2D eigenvalue weighted by molar-refractivity contribution is 7.89. The van der Waals surface area contributed by atoms with Gasteiger partial charge in [-0.25, -0.2) is 8.42 Å². The second-order valence-corrected chi connectivity index (χ2v) is 5.79. The molecule has 0 fully saturated rings. The van der Waals surface area contributed by atoms with Crippen LogP contribution in [0, 0.1) is 6.92 Å². The fourth-order valence-corrected chi connectivity index (χ4v) is 2.98. The van der Waals surface area contributed by atoms with Crippen molar-refractivity contribution in [2.24, 2.45) is 0 Å². The normalized spacial score (nSPS) is 13.4. The van der Waals surface area contributed by atoms with Crippen molar-refractivity contribution >= 4 is 26.9 Å². The monoisotopic (exact) mass is 275 g/mol. The Balaban J connectivity index is 3.00. The molecule has 0 bridgehead atoms. The van der Waals surface area contributed by atoms with E-state index in [1.807, 2.05) is 0 Å². The number of rotatable bonds is 5. The van der Waals surface area contributed by atoms with Crippen LogP contribution in [0.3, 0.4) is 0 Å². The molecule has 1 N–H and O–H groups in total. The highest BCUT2D eigenvalue weighted by Crippen LogP contribution is 2.12. The second kappa shape index (κ2) is 5.62. The molecule has 0 aliphatic carbocycles. The lowest BCUT2D eigenvalue weighted by molar-refractivity contribution is -0.113. The average molecular weight is 276 g/mol. The molecule has 94 valence electrons. The van der Waals surface area contributed by atoms with E-state index >= 15 is 0 Å². The first kappa shape index (κ1) is 14.2. The first-order chi connectivity index (χ1) is 7.86. The zero-order valence-electron chi connectivity index (χ0n) is 9.60. The number of aryl methyl sites for hydroxylation is 1. The van der Waals surface area contributed by atoms with E-state index in [0.717, 1.165) is 5.56 Å². The number of carbonyl (C=O) groups is 1. The van der Waals surface area contributed by atoms with Gasteiger partial charge in [-0.05, 0) is 42.6 Å². The number of hydrogen-bond donors (Lipinski definition) is 1. The molecule has 0 aliphatic heterocycles. The smallest absolute Gasteiger partial charge is 0.241 e. The Kier molecular flexibility index (Phi) is 4.68. The summed E-state index contributed by atoms with van der Waals surface area (Å²) in [5, 5.41) is -0.705. The van der Waals surface area contributed by atoms with Gasteiger partial charge in [0.1, 0.15) is 0 Å². The van der Waals surface area contributed by atoms with Crippen LogP contribution < -0.4 is 4.72 Å². The van der Waals surface area contributed by atoms with Crippen molar-refractivity contribution in [3.63, 3.8) is 0 Å². The Hall–Kier alpha value is -0.910. The fraction of sp³-hybridized carbons (Fsp3) is 0.364. The summed E-state index contributed by atoms with van der Waals surface area (Å²) >= 11 is 5.30. The average Bonchev–Trinajstić information content (AvgIpc) is 2.25. The van der Waals surface area contributed by atoms with Crippen molar-refractivity contribution in [3.8, 4) is 0 Å². The van der Waals surface area contributed by atoms with Crippen LogP contribution in [0.5, 0.6) is 0 Å². The van der Waals surface area contributed by atoms with Crippen LogP contribution in [0.2, 0.25) is 0 Å². The zero-order valence-corrected chi connectivity index (χ0v) is 11.2. The molecule has 1 atom stereocenters. The number of sulfonamides is 1. The van der Waals surface area contributed by atoms with Gasteiger partial charge in [0.05, 0.1) is 10.9 Å². The topological polar surface area (TPSA) is 63.2 Å². The van der Waals surface area contributed by atoms with Gasteiger partial charge < -0.3 is 0 Å². The molecule has 0 spiro atoms. The van der Waals surface area contributed by atoms with Crippen molar-refractivity contribution in [2.45, 2.75) is 31.2 Å². The molecular weight excluding hydrogens is 262 g/mol. The van der Waals surface area contributed by atoms with Crippen molar-refractivity contribution in [3.05, 3.63) is 29.8 Å². The molecule has 1 unspecified atom stereocenters. The number of nitrogens with one attached hydrogen (secondary N) is 1. The van der Waals surface area contributed by atoms with Gasteiger partial charge in [0, 0.05) is 0 Å². The number of carbonyl (C=O) groups excluding carboxylic acids is 1. The van der Waals surface area contributed by atoms with E-state index in [0.29, 0.717) is 6.42 Å². The first-order valence-corrected chi connectivity index (χ1v) is 7.01. The van der Waals surface area contributed by atoms with Gasteiger partial charge in [-0.15, -0.1) is 0 Å². The van der Waals surface area contributed by atoms with E-state index in [4.69, 9.17) is 11.6 Å². The maximum absolute atomic E-state index is 11.9. The molecule has 0 amide bonds. The zero-order chi connectivity index (χ0) is 13.1. The molecule has 0 saturated heterocycles. The van der Waals surface area contributed by atoms with Crippen molar-refractivity contribution in [1.82, 2.24) is 4.72 Å². The predicted molar refractivity (Wildman–Crippen MR) is 66.4 cm³/mol. The third-order valence-electron chi connectivity index (χ3n) is 2.28. The van der Waals surface area contributed by atoms with Crippen LogP contribution in [0.15, 0.2) is 29.2 Å². The summed E-state index contributed by atoms with van der Waals surface area (Å²) in [5.74, 6) is 0. The summed E-state index contributed by atoms with van der Waals surface area (Å²) in [6, 6.07) is 5.56. The van der Waals surface area contributed by atoms with Crippen LogP contribution in [-0.4, -0.2) is 19.7 Å². The summed E-state index contributed by atoms with van der Waals surface area (Å²) in [6.45, 7) is 3.48. The molecular formula is C11H14ClNO3S. The Bertz CT molecular complexity index is 513. The molecule has 0 aliphatic rings. The van der Waals surface area contributed by atoms with E-state index in [2.05, 4.69) is 4.72 Å². The first-order valence-electron chi connectivity index (χ1n) is 5.15. The third kappa shape index (κ3) is 3.80. The van der Waals surface area contributed by atoms with Crippen LogP contribution in [-0.2, 0) is 14.8 Å². The van der Waals surface area contributed by atoms with Crippen molar-refractivity contribution in [1.29, 1.82) is 0 Å². The summed E-state index contributed by atoms with van der Waals surface area (Å²) in [5.41, 5.74) is 0.832. The lowest BCUT2D eigenvalue weighted by Crippen LogP contribution is -2.38. The van der Waals surface area contributed by atoms with Gasteiger partial charge in [0.2, 0.25) is 15.3 Å². The number of benzene rings is 1. The molecule has 0 saturated carbocycles. The highest BCUT2D eigenvalue weighted by Gasteiger charge is 2.22. The minimum atomic E-state index is -3.69. The maximum Gasteiger partial charge on any atom is 0.241 e. The summed E-state index contributed by atoms with van der Waals surface area (Å²) in [6.07, 6.45) is 0.313. The Morgan fingerprint density at radius 3 is 2.59 bits per heavy atom.